The van der Waals surface area contributed by atoms with E-state index in [1.165, 1.54) is 24.8 Å². The zero-order valence-electron chi connectivity index (χ0n) is 12.8. The van der Waals surface area contributed by atoms with E-state index in [1.54, 1.807) is 11.6 Å². The van der Waals surface area contributed by atoms with Crippen LogP contribution in [0.2, 0.25) is 0 Å². The van der Waals surface area contributed by atoms with Gasteiger partial charge >= 0.3 is 5.97 Å². The number of carbonyl (C=O) groups is 1. The van der Waals surface area contributed by atoms with E-state index in [0.717, 1.165) is 0 Å². The van der Waals surface area contributed by atoms with Crippen LogP contribution in [0.4, 0.5) is 0 Å². The summed E-state index contributed by atoms with van der Waals surface area (Å²) in [5.74, 6) is 0.236. The standard InChI is InChI=1S/C15H25N3O2/c1-14(2,3)20-13(19)15(4,16)10-18-9-12(8-17-18)11-6-5-7-11/h8-9,11H,5-7,10,16H2,1-4H3. The first kappa shape index (κ1) is 15.0. The van der Waals surface area contributed by atoms with Gasteiger partial charge in [-0.25, -0.2) is 4.79 Å². The molecular weight excluding hydrogens is 254 g/mol. The van der Waals surface area contributed by atoms with Crippen molar-refractivity contribution in [1.82, 2.24) is 9.78 Å². The Morgan fingerprint density at radius 1 is 1.45 bits per heavy atom. The van der Waals surface area contributed by atoms with Crippen LogP contribution in [-0.2, 0) is 16.1 Å². The van der Waals surface area contributed by atoms with Crippen molar-refractivity contribution in [3.63, 3.8) is 0 Å². The van der Waals surface area contributed by atoms with Crippen molar-refractivity contribution in [3.8, 4) is 0 Å². The molecule has 1 saturated carbocycles. The molecule has 1 aromatic heterocycles. The van der Waals surface area contributed by atoms with Crippen LogP contribution < -0.4 is 5.73 Å². The highest BCUT2D eigenvalue weighted by Crippen LogP contribution is 2.35. The summed E-state index contributed by atoms with van der Waals surface area (Å²) in [6.07, 6.45) is 7.64. The van der Waals surface area contributed by atoms with Crippen molar-refractivity contribution in [1.29, 1.82) is 0 Å². The van der Waals surface area contributed by atoms with Crippen LogP contribution in [0.5, 0.6) is 0 Å². The molecule has 112 valence electrons. The Kier molecular flexibility index (Phi) is 3.91. The van der Waals surface area contributed by atoms with Crippen LogP contribution in [0, 0.1) is 0 Å². The van der Waals surface area contributed by atoms with Gasteiger partial charge < -0.3 is 10.5 Å². The molecule has 0 bridgehead atoms. The Morgan fingerprint density at radius 3 is 2.60 bits per heavy atom. The normalized spacial score (nSPS) is 19.2. The van der Waals surface area contributed by atoms with Gasteiger partial charge in [0.1, 0.15) is 11.1 Å². The average molecular weight is 279 g/mol. The lowest BCUT2D eigenvalue weighted by atomic mass is 9.81. The second-order valence-corrected chi connectivity index (χ2v) is 7.02. The van der Waals surface area contributed by atoms with E-state index in [2.05, 4.69) is 5.10 Å². The van der Waals surface area contributed by atoms with Gasteiger partial charge in [0.15, 0.2) is 0 Å². The first-order valence-electron chi connectivity index (χ1n) is 7.22. The fourth-order valence-corrected chi connectivity index (χ4v) is 2.21. The molecule has 1 fully saturated rings. The van der Waals surface area contributed by atoms with Gasteiger partial charge in [-0.1, -0.05) is 6.42 Å². The molecule has 1 aromatic rings. The first-order valence-corrected chi connectivity index (χ1v) is 7.22. The Balaban J connectivity index is 1.99. The van der Waals surface area contributed by atoms with Crippen molar-refractivity contribution >= 4 is 5.97 Å². The topological polar surface area (TPSA) is 70.1 Å². The lowest BCUT2D eigenvalue weighted by Gasteiger charge is -2.28. The minimum absolute atomic E-state index is 0.328. The summed E-state index contributed by atoms with van der Waals surface area (Å²) < 4.78 is 7.10. The maximum atomic E-state index is 12.1. The predicted molar refractivity (Wildman–Crippen MR) is 77.3 cm³/mol. The third-order valence-corrected chi connectivity index (χ3v) is 3.59. The molecule has 0 aromatic carbocycles. The molecule has 1 atom stereocenters. The van der Waals surface area contributed by atoms with Gasteiger partial charge in [-0.3, -0.25) is 4.68 Å². The van der Waals surface area contributed by atoms with E-state index in [9.17, 15) is 4.79 Å². The molecule has 0 aliphatic heterocycles. The molecule has 5 nitrogen and oxygen atoms in total. The molecule has 1 heterocycles. The number of nitrogens with two attached hydrogens (primary N) is 1. The van der Waals surface area contributed by atoms with Crippen molar-refractivity contribution in [2.75, 3.05) is 0 Å². The summed E-state index contributed by atoms with van der Waals surface area (Å²) in [6, 6.07) is 0. The Hall–Kier alpha value is -1.36. The van der Waals surface area contributed by atoms with Gasteiger partial charge in [-0.05, 0) is 52.0 Å². The number of carbonyl (C=O) groups excluding carboxylic acids is 1. The summed E-state index contributed by atoms with van der Waals surface area (Å²) in [6.45, 7) is 7.52. The molecule has 5 heteroatoms. The van der Waals surface area contributed by atoms with E-state index in [1.807, 2.05) is 33.2 Å². The molecule has 2 rings (SSSR count). The zero-order chi connectivity index (χ0) is 15.0. The Bertz CT molecular complexity index is 482. The smallest absolute Gasteiger partial charge is 0.328 e. The fourth-order valence-electron chi connectivity index (χ4n) is 2.21. The number of esters is 1. The first-order chi connectivity index (χ1) is 9.17. The van der Waals surface area contributed by atoms with Crippen molar-refractivity contribution in [2.45, 2.75) is 70.6 Å². The highest BCUT2D eigenvalue weighted by atomic mass is 16.6. The number of ether oxygens (including phenoxy) is 1. The van der Waals surface area contributed by atoms with Crippen LogP contribution in [0.25, 0.3) is 0 Å². The van der Waals surface area contributed by atoms with Crippen molar-refractivity contribution in [2.24, 2.45) is 5.73 Å². The number of aromatic nitrogens is 2. The van der Waals surface area contributed by atoms with Crippen molar-refractivity contribution < 1.29 is 9.53 Å². The molecule has 0 radical (unpaired) electrons. The molecule has 1 aliphatic rings. The summed E-state index contributed by atoms with van der Waals surface area (Å²) >= 11 is 0. The molecule has 20 heavy (non-hydrogen) atoms. The predicted octanol–water partition coefficient (Wildman–Crippen LogP) is 2.21. The minimum Gasteiger partial charge on any atom is -0.459 e. The molecule has 0 spiro atoms. The van der Waals surface area contributed by atoms with Crippen LogP contribution in [0.3, 0.4) is 0 Å². The van der Waals surface area contributed by atoms with Crippen molar-refractivity contribution in [3.05, 3.63) is 18.0 Å². The van der Waals surface area contributed by atoms with Gasteiger partial charge in [-0.2, -0.15) is 5.10 Å². The Morgan fingerprint density at radius 2 is 2.10 bits per heavy atom. The SMILES string of the molecule is CC(C)(C)OC(=O)C(C)(N)Cn1cc(C2CCC2)cn1. The Labute approximate surface area is 120 Å². The van der Waals surface area contributed by atoms with E-state index in [-0.39, 0.29) is 0 Å². The van der Waals surface area contributed by atoms with Gasteiger partial charge in [0.2, 0.25) is 0 Å². The van der Waals surface area contributed by atoms with Gasteiger partial charge in [0.25, 0.3) is 0 Å². The molecule has 0 saturated heterocycles. The van der Waals surface area contributed by atoms with Crippen LogP contribution in [-0.4, -0.2) is 26.9 Å². The lowest BCUT2D eigenvalue weighted by molar-refractivity contribution is -0.161. The maximum absolute atomic E-state index is 12.1. The van der Waals surface area contributed by atoms with E-state index in [0.29, 0.717) is 12.5 Å². The van der Waals surface area contributed by atoms with Gasteiger partial charge in [-0.15, -0.1) is 0 Å². The third-order valence-electron chi connectivity index (χ3n) is 3.59. The second-order valence-electron chi connectivity index (χ2n) is 7.02. The highest BCUT2D eigenvalue weighted by Gasteiger charge is 2.34. The zero-order valence-corrected chi connectivity index (χ0v) is 12.8. The quantitative estimate of drug-likeness (QED) is 0.858. The lowest BCUT2D eigenvalue weighted by Crippen LogP contribution is -2.51. The summed E-state index contributed by atoms with van der Waals surface area (Å²) in [4.78, 5) is 12.1. The number of nitrogens with zero attached hydrogens (tertiary/aromatic N) is 2. The average Bonchev–Trinajstić information content (AvgIpc) is 2.59. The minimum atomic E-state index is -1.07. The van der Waals surface area contributed by atoms with Crippen LogP contribution in [0.15, 0.2) is 12.4 Å². The van der Waals surface area contributed by atoms with Crippen LogP contribution in [0.1, 0.15) is 58.4 Å². The molecule has 2 N–H and O–H groups in total. The summed E-state index contributed by atoms with van der Waals surface area (Å²) in [7, 11) is 0. The molecule has 1 aliphatic carbocycles. The number of rotatable bonds is 4. The largest absolute Gasteiger partial charge is 0.459 e. The molecular formula is C15H25N3O2. The van der Waals surface area contributed by atoms with E-state index in [4.69, 9.17) is 10.5 Å². The third kappa shape index (κ3) is 3.60. The summed E-state index contributed by atoms with van der Waals surface area (Å²) in [5.41, 5.74) is 5.74. The van der Waals surface area contributed by atoms with Gasteiger partial charge in [0.05, 0.1) is 12.7 Å². The highest BCUT2D eigenvalue weighted by molar-refractivity contribution is 5.80. The summed E-state index contributed by atoms with van der Waals surface area (Å²) in [5, 5.41) is 4.31. The van der Waals surface area contributed by atoms with Crippen LogP contribution >= 0.6 is 0 Å². The van der Waals surface area contributed by atoms with Gasteiger partial charge in [0, 0.05) is 6.20 Å². The monoisotopic (exact) mass is 279 g/mol. The van der Waals surface area contributed by atoms with E-state index >= 15 is 0 Å². The number of hydrogen-bond donors (Lipinski definition) is 1. The maximum Gasteiger partial charge on any atom is 0.328 e. The van der Waals surface area contributed by atoms with E-state index < -0.39 is 17.1 Å². The fraction of sp³-hybridized carbons (Fsp3) is 0.733. The second kappa shape index (κ2) is 5.20. The number of hydrogen-bond acceptors (Lipinski definition) is 4. The molecule has 1 unspecified atom stereocenters. The molecule has 0 amide bonds.